The fraction of sp³-hybridized carbons (Fsp3) is 0.136. The highest BCUT2D eigenvalue weighted by Gasteiger charge is 2.52. The van der Waals surface area contributed by atoms with E-state index in [4.69, 9.17) is 0 Å². The Labute approximate surface area is 147 Å². The molecule has 1 aliphatic rings. The number of fused-ring (bicyclic) bond motifs is 1. The molecule has 0 saturated heterocycles. The van der Waals surface area contributed by atoms with Crippen LogP contribution in [0.3, 0.4) is 0 Å². The molecule has 0 spiro atoms. The summed E-state index contributed by atoms with van der Waals surface area (Å²) in [5, 5.41) is 9.72. The van der Waals surface area contributed by atoms with Gasteiger partial charge < -0.3 is 10.0 Å². The van der Waals surface area contributed by atoms with Gasteiger partial charge in [0.1, 0.15) is 11.2 Å². The second kappa shape index (κ2) is 5.49. The number of rotatable bonds is 2. The standard InChI is InChI=1S/C22H19NO2/c1-15-8-13-20-19(14-15)22(21(25)23(20)2,16-6-4-3-5-7-16)17-9-11-18(24)12-10-17/h3-14,24H,1-2H3. The summed E-state index contributed by atoms with van der Waals surface area (Å²) in [6, 6.07) is 22.9. The quantitative estimate of drug-likeness (QED) is 0.772. The zero-order valence-electron chi connectivity index (χ0n) is 14.2. The van der Waals surface area contributed by atoms with Crippen molar-refractivity contribution in [3.8, 4) is 5.75 Å². The Kier molecular flexibility index (Phi) is 3.39. The molecule has 3 nitrogen and oxygen atoms in total. The third kappa shape index (κ3) is 2.09. The van der Waals surface area contributed by atoms with Crippen LogP contribution < -0.4 is 4.90 Å². The van der Waals surface area contributed by atoms with E-state index in [0.717, 1.165) is 27.9 Å². The highest BCUT2D eigenvalue weighted by Crippen LogP contribution is 2.50. The number of nitrogens with zero attached hydrogens (tertiary/aromatic N) is 1. The van der Waals surface area contributed by atoms with Gasteiger partial charge in [-0.2, -0.15) is 0 Å². The first-order valence-electron chi connectivity index (χ1n) is 8.29. The highest BCUT2D eigenvalue weighted by atomic mass is 16.3. The predicted octanol–water partition coefficient (Wildman–Crippen LogP) is 4.01. The van der Waals surface area contributed by atoms with Gasteiger partial charge in [-0.15, -0.1) is 0 Å². The van der Waals surface area contributed by atoms with Gasteiger partial charge in [0.15, 0.2) is 0 Å². The summed E-state index contributed by atoms with van der Waals surface area (Å²) in [4.78, 5) is 15.3. The maximum Gasteiger partial charge on any atom is 0.246 e. The third-order valence-electron chi connectivity index (χ3n) is 5.05. The fourth-order valence-corrected chi connectivity index (χ4v) is 3.84. The van der Waals surface area contributed by atoms with Crippen LogP contribution in [0.4, 0.5) is 5.69 Å². The highest BCUT2D eigenvalue weighted by molar-refractivity contribution is 6.12. The van der Waals surface area contributed by atoms with Gasteiger partial charge in [-0.05, 0) is 36.2 Å². The van der Waals surface area contributed by atoms with E-state index in [9.17, 15) is 9.90 Å². The van der Waals surface area contributed by atoms with Crippen molar-refractivity contribution >= 4 is 11.6 Å². The second-order valence-electron chi connectivity index (χ2n) is 6.55. The molecule has 0 saturated carbocycles. The van der Waals surface area contributed by atoms with Crippen molar-refractivity contribution in [1.29, 1.82) is 0 Å². The first-order valence-corrected chi connectivity index (χ1v) is 8.29. The summed E-state index contributed by atoms with van der Waals surface area (Å²) in [5.74, 6) is 0.209. The number of hydrogen-bond acceptors (Lipinski definition) is 2. The molecule has 1 heterocycles. The normalized spacial score (nSPS) is 19.1. The molecule has 25 heavy (non-hydrogen) atoms. The van der Waals surface area contributed by atoms with Crippen molar-refractivity contribution in [2.75, 3.05) is 11.9 Å². The number of benzene rings is 3. The van der Waals surface area contributed by atoms with E-state index in [-0.39, 0.29) is 11.7 Å². The Hall–Kier alpha value is -3.07. The molecule has 124 valence electrons. The third-order valence-corrected chi connectivity index (χ3v) is 5.05. The second-order valence-corrected chi connectivity index (χ2v) is 6.55. The first kappa shape index (κ1) is 15.5. The summed E-state index contributed by atoms with van der Waals surface area (Å²) in [7, 11) is 1.82. The SMILES string of the molecule is Cc1ccc2c(c1)C(c1ccccc1)(c1ccc(O)cc1)C(=O)N2C. The lowest BCUT2D eigenvalue weighted by Crippen LogP contribution is -2.40. The van der Waals surface area contributed by atoms with E-state index in [1.165, 1.54) is 0 Å². The Bertz CT molecular complexity index is 948. The zero-order valence-corrected chi connectivity index (χ0v) is 14.2. The van der Waals surface area contributed by atoms with Crippen LogP contribution in [0.5, 0.6) is 5.75 Å². The molecular formula is C22H19NO2. The Morgan fingerprint density at radius 1 is 0.880 bits per heavy atom. The molecule has 3 heteroatoms. The van der Waals surface area contributed by atoms with Crippen molar-refractivity contribution in [1.82, 2.24) is 0 Å². The summed E-state index contributed by atoms with van der Waals surface area (Å²) >= 11 is 0. The molecule has 1 unspecified atom stereocenters. The lowest BCUT2D eigenvalue weighted by molar-refractivity contribution is -0.120. The maximum absolute atomic E-state index is 13.5. The minimum Gasteiger partial charge on any atom is -0.508 e. The van der Waals surface area contributed by atoms with Crippen LogP contribution in [0.2, 0.25) is 0 Å². The van der Waals surface area contributed by atoms with Gasteiger partial charge in [0.2, 0.25) is 5.91 Å². The molecule has 1 aliphatic heterocycles. The van der Waals surface area contributed by atoms with Crippen LogP contribution in [0.1, 0.15) is 22.3 Å². The van der Waals surface area contributed by atoms with E-state index in [1.54, 1.807) is 17.0 Å². The van der Waals surface area contributed by atoms with E-state index in [1.807, 2.05) is 68.6 Å². The average Bonchev–Trinajstić information content (AvgIpc) is 2.85. The number of aryl methyl sites for hydroxylation is 1. The lowest BCUT2D eigenvalue weighted by Gasteiger charge is -2.30. The number of carbonyl (C=O) groups excluding carboxylic acids is 1. The van der Waals surface area contributed by atoms with Crippen molar-refractivity contribution in [3.05, 3.63) is 95.1 Å². The smallest absolute Gasteiger partial charge is 0.246 e. The summed E-state index contributed by atoms with van der Waals surface area (Å²) in [6.07, 6.45) is 0. The largest absolute Gasteiger partial charge is 0.508 e. The molecule has 4 rings (SSSR count). The van der Waals surface area contributed by atoms with E-state index in [2.05, 4.69) is 6.07 Å². The molecule has 1 N–H and O–H groups in total. The number of amides is 1. The summed E-state index contributed by atoms with van der Waals surface area (Å²) in [5.41, 5.74) is 3.91. The monoisotopic (exact) mass is 329 g/mol. The van der Waals surface area contributed by atoms with Gasteiger partial charge in [-0.3, -0.25) is 4.79 Å². The van der Waals surface area contributed by atoms with Gasteiger partial charge >= 0.3 is 0 Å². The van der Waals surface area contributed by atoms with E-state index in [0.29, 0.717) is 0 Å². The molecule has 1 atom stereocenters. The van der Waals surface area contributed by atoms with Crippen LogP contribution in [0.25, 0.3) is 0 Å². The minimum absolute atomic E-state index is 0.0185. The van der Waals surface area contributed by atoms with Crippen molar-refractivity contribution in [2.45, 2.75) is 12.3 Å². The van der Waals surface area contributed by atoms with E-state index < -0.39 is 5.41 Å². The van der Waals surface area contributed by atoms with Crippen molar-refractivity contribution in [2.24, 2.45) is 0 Å². The Morgan fingerprint density at radius 2 is 1.52 bits per heavy atom. The van der Waals surface area contributed by atoms with Crippen LogP contribution >= 0.6 is 0 Å². The summed E-state index contributed by atoms with van der Waals surface area (Å²) < 4.78 is 0. The number of anilines is 1. The molecule has 0 fully saturated rings. The predicted molar refractivity (Wildman–Crippen MR) is 99.0 cm³/mol. The molecule has 0 bridgehead atoms. The van der Waals surface area contributed by atoms with E-state index >= 15 is 0 Å². The average molecular weight is 329 g/mol. The number of likely N-dealkylation sites (N-methyl/N-ethyl adjacent to an activating group) is 1. The number of phenols is 1. The topological polar surface area (TPSA) is 40.5 Å². The molecule has 3 aromatic carbocycles. The molecule has 1 amide bonds. The Morgan fingerprint density at radius 3 is 2.20 bits per heavy atom. The fourth-order valence-electron chi connectivity index (χ4n) is 3.84. The first-order chi connectivity index (χ1) is 12.0. The van der Waals surface area contributed by atoms with Gasteiger partial charge in [0.25, 0.3) is 0 Å². The molecular weight excluding hydrogens is 310 g/mol. The number of phenolic OH excluding ortho intramolecular Hbond substituents is 1. The van der Waals surface area contributed by atoms with Crippen molar-refractivity contribution < 1.29 is 9.90 Å². The molecule has 3 aromatic rings. The van der Waals surface area contributed by atoms with Crippen LogP contribution in [-0.2, 0) is 10.2 Å². The van der Waals surface area contributed by atoms with Crippen LogP contribution in [0.15, 0.2) is 72.8 Å². The van der Waals surface area contributed by atoms with Gasteiger partial charge in [0.05, 0.1) is 0 Å². The minimum atomic E-state index is -0.898. The zero-order chi connectivity index (χ0) is 17.6. The van der Waals surface area contributed by atoms with Gasteiger partial charge in [0, 0.05) is 18.3 Å². The molecule has 0 aliphatic carbocycles. The number of hydrogen-bond donors (Lipinski definition) is 1. The lowest BCUT2D eigenvalue weighted by atomic mass is 9.70. The number of aromatic hydroxyl groups is 1. The molecule has 0 radical (unpaired) electrons. The summed E-state index contributed by atoms with van der Waals surface area (Å²) in [6.45, 7) is 2.04. The maximum atomic E-state index is 13.5. The Balaban J connectivity index is 2.11. The van der Waals surface area contributed by atoms with Crippen molar-refractivity contribution in [3.63, 3.8) is 0 Å². The van der Waals surface area contributed by atoms with Crippen LogP contribution in [0, 0.1) is 6.92 Å². The van der Waals surface area contributed by atoms with Gasteiger partial charge in [-0.1, -0.05) is 60.2 Å². The van der Waals surface area contributed by atoms with Gasteiger partial charge in [-0.25, -0.2) is 0 Å². The van der Waals surface area contributed by atoms with Crippen LogP contribution in [-0.4, -0.2) is 18.1 Å². The molecule has 0 aromatic heterocycles. The number of carbonyl (C=O) groups is 1.